The monoisotopic (exact) mass is 299 g/mol. The van der Waals surface area contributed by atoms with Crippen LogP contribution in [-0.2, 0) is 9.47 Å². The van der Waals surface area contributed by atoms with Gasteiger partial charge in [-0.3, -0.25) is 4.99 Å². The maximum absolute atomic E-state index is 5.43. The highest BCUT2D eigenvalue weighted by molar-refractivity contribution is 5.79. The first kappa shape index (κ1) is 19.9. The second-order valence-electron chi connectivity index (χ2n) is 4.99. The molecule has 0 aromatic carbocycles. The van der Waals surface area contributed by atoms with E-state index in [1.54, 1.807) is 7.11 Å². The fourth-order valence-corrected chi connectivity index (χ4v) is 1.92. The molecule has 0 fully saturated rings. The zero-order valence-electron chi connectivity index (χ0n) is 14.1. The molecule has 0 unspecified atom stereocenters. The van der Waals surface area contributed by atoms with Crippen molar-refractivity contribution in [3.8, 4) is 0 Å². The van der Waals surface area contributed by atoms with Crippen LogP contribution in [0.1, 0.15) is 32.1 Å². The summed E-state index contributed by atoms with van der Waals surface area (Å²) in [5, 5.41) is 3.36. The fourth-order valence-electron chi connectivity index (χ4n) is 1.92. The minimum Gasteiger partial charge on any atom is -0.382 e. The molecule has 5 nitrogen and oxygen atoms in total. The third-order valence-corrected chi connectivity index (χ3v) is 3.16. The van der Waals surface area contributed by atoms with Gasteiger partial charge in [0.1, 0.15) is 0 Å². The normalized spacial score (nSPS) is 11.5. The van der Waals surface area contributed by atoms with Crippen molar-refractivity contribution < 1.29 is 9.47 Å². The van der Waals surface area contributed by atoms with Gasteiger partial charge >= 0.3 is 0 Å². The molecule has 0 amide bonds. The number of guanidine groups is 1. The van der Waals surface area contributed by atoms with Crippen molar-refractivity contribution in [1.29, 1.82) is 0 Å². The summed E-state index contributed by atoms with van der Waals surface area (Å²) in [6, 6.07) is 0. The molecule has 0 atom stereocenters. The number of rotatable bonds is 13. The molecule has 0 saturated carbocycles. The Kier molecular flexibility index (Phi) is 14.5. The third-order valence-electron chi connectivity index (χ3n) is 3.16. The summed E-state index contributed by atoms with van der Waals surface area (Å²) in [4.78, 5) is 6.48. The molecule has 0 saturated heterocycles. The molecule has 0 rings (SSSR count). The summed E-state index contributed by atoms with van der Waals surface area (Å²) < 4.78 is 10.4. The number of hydrogen-bond acceptors (Lipinski definition) is 3. The smallest absolute Gasteiger partial charge is 0.193 e. The van der Waals surface area contributed by atoms with Crippen LogP contribution in [0.4, 0.5) is 0 Å². The molecular weight excluding hydrogens is 266 g/mol. The lowest BCUT2D eigenvalue weighted by Crippen LogP contribution is -2.40. The number of ether oxygens (including phenoxy) is 2. The van der Waals surface area contributed by atoms with E-state index in [0.717, 1.165) is 38.5 Å². The van der Waals surface area contributed by atoms with Crippen molar-refractivity contribution in [3.05, 3.63) is 12.7 Å². The number of unbranched alkanes of at least 4 members (excludes halogenated alkanes) is 3. The molecule has 0 bridgehead atoms. The molecule has 0 aromatic heterocycles. The lowest BCUT2D eigenvalue weighted by molar-refractivity contribution is 0.0698. The van der Waals surface area contributed by atoms with Crippen molar-refractivity contribution in [3.63, 3.8) is 0 Å². The zero-order chi connectivity index (χ0) is 15.8. The largest absolute Gasteiger partial charge is 0.382 e. The van der Waals surface area contributed by atoms with Gasteiger partial charge in [-0.05, 0) is 25.7 Å². The van der Waals surface area contributed by atoms with Crippen LogP contribution in [0.2, 0.25) is 0 Å². The number of hydrogen-bond donors (Lipinski definition) is 1. The van der Waals surface area contributed by atoms with Crippen molar-refractivity contribution in [2.45, 2.75) is 32.1 Å². The van der Waals surface area contributed by atoms with Crippen LogP contribution in [-0.4, -0.2) is 65.0 Å². The van der Waals surface area contributed by atoms with Gasteiger partial charge in [-0.15, -0.1) is 6.58 Å². The SMILES string of the molecule is C=CCCCCCN(C)C(=NC)NCCCOCCOC. The molecule has 21 heavy (non-hydrogen) atoms. The first-order chi connectivity index (χ1) is 10.3. The van der Waals surface area contributed by atoms with Gasteiger partial charge in [0.05, 0.1) is 13.2 Å². The first-order valence-electron chi connectivity index (χ1n) is 7.85. The molecule has 0 aliphatic carbocycles. The van der Waals surface area contributed by atoms with Gasteiger partial charge in [0.2, 0.25) is 0 Å². The number of allylic oxidation sites excluding steroid dienone is 1. The number of aliphatic imine (C=N–C) groups is 1. The van der Waals surface area contributed by atoms with E-state index in [9.17, 15) is 0 Å². The van der Waals surface area contributed by atoms with Crippen LogP contribution >= 0.6 is 0 Å². The average molecular weight is 299 g/mol. The van der Waals surface area contributed by atoms with Crippen LogP contribution in [0.25, 0.3) is 0 Å². The minimum absolute atomic E-state index is 0.656. The summed E-state index contributed by atoms with van der Waals surface area (Å²) in [6.07, 6.45) is 7.71. The van der Waals surface area contributed by atoms with Crippen LogP contribution in [0, 0.1) is 0 Å². The van der Waals surface area contributed by atoms with Gasteiger partial charge in [-0.2, -0.15) is 0 Å². The number of nitrogens with zero attached hydrogens (tertiary/aromatic N) is 2. The molecule has 124 valence electrons. The fraction of sp³-hybridized carbons (Fsp3) is 0.812. The van der Waals surface area contributed by atoms with Crippen molar-refractivity contribution >= 4 is 5.96 Å². The molecule has 0 spiro atoms. The molecule has 0 aromatic rings. The number of nitrogens with one attached hydrogen (secondary N) is 1. The Bertz CT molecular complexity index is 270. The van der Waals surface area contributed by atoms with Crippen molar-refractivity contribution in [1.82, 2.24) is 10.2 Å². The van der Waals surface area contributed by atoms with Crippen LogP contribution in [0.5, 0.6) is 0 Å². The lowest BCUT2D eigenvalue weighted by Gasteiger charge is -2.22. The minimum atomic E-state index is 0.656. The molecular formula is C16H33N3O2. The van der Waals surface area contributed by atoms with Crippen molar-refractivity contribution in [2.24, 2.45) is 4.99 Å². The Morgan fingerprint density at radius 3 is 2.67 bits per heavy atom. The van der Waals surface area contributed by atoms with E-state index in [1.807, 2.05) is 13.1 Å². The Morgan fingerprint density at radius 1 is 1.19 bits per heavy atom. The maximum Gasteiger partial charge on any atom is 0.193 e. The summed E-state index contributed by atoms with van der Waals surface area (Å²) in [6.45, 7) is 7.72. The quantitative estimate of drug-likeness (QED) is 0.245. The molecule has 0 aliphatic heterocycles. The van der Waals surface area contributed by atoms with E-state index >= 15 is 0 Å². The zero-order valence-corrected chi connectivity index (χ0v) is 14.1. The Balaban J connectivity index is 3.61. The van der Waals surface area contributed by atoms with E-state index in [-0.39, 0.29) is 0 Å². The number of methoxy groups -OCH3 is 1. The van der Waals surface area contributed by atoms with E-state index in [4.69, 9.17) is 9.47 Å². The molecule has 0 radical (unpaired) electrons. The first-order valence-corrected chi connectivity index (χ1v) is 7.85. The highest BCUT2D eigenvalue weighted by atomic mass is 16.5. The van der Waals surface area contributed by atoms with E-state index < -0.39 is 0 Å². The Labute approximate surface area is 130 Å². The summed E-state index contributed by atoms with van der Waals surface area (Å²) in [7, 11) is 5.59. The maximum atomic E-state index is 5.43. The van der Waals surface area contributed by atoms with Gasteiger partial charge in [0, 0.05) is 40.9 Å². The van der Waals surface area contributed by atoms with Gasteiger partial charge in [0.25, 0.3) is 0 Å². The van der Waals surface area contributed by atoms with Gasteiger partial charge in [-0.1, -0.05) is 12.5 Å². The molecule has 1 N–H and O–H groups in total. The van der Waals surface area contributed by atoms with Gasteiger partial charge < -0.3 is 19.7 Å². The topological polar surface area (TPSA) is 46.1 Å². The summed E-state index contributed by atoms with van der Waals surface area (Å²) >= 11 is 0. The second-order valence-corrected chi connectivity index (χ2v) is 4.99. The highest BCUT2D eigenvalue weighted by Crippen LogP contribution is 2.01. The van der Waals surface area contributed by atoms with Gasteiger partial charge in [-0.25, -0.2) is 0 Å². The van der Waals surface area contributed by atoms with Gasteiger partial charge in [0.15, 0.2) is 5.96 Å². The molecule has 0 heterocycles. The predicted octanol–water partition coefficient (Wildman–Crippen LogP) is 2.29. The highest BCUT2D eigenvalue weighted by Gasteiger charge is 2.04. The van der Waals surface area contributed by atoms with Crippen LogP contribution < -0.4 is 5.32 Å². The molecule has 0 aliphatic rings. The van der Waals surface area contributed by atoms with Crippen LogP contribution in [0.3, 0.4) is 0 Å². The standard InChI is InChI=1S/C16H33N3O2/c1-5-6-7-8-9-12-19(3)16(17-2)18-11-10-13-21-15-14-20-4/h5H,1,6-15H2,2-4H3,(H,17,18). The van der Waals surface area contributed by atoms with Crippen LogP contribution in [0.15, 0.2) is 17.6 Å². The predicted molar refractivity (Wildman–Crippen MR) is 90.0 cm³/mol. The van der Waals surface area contributed by atoms with E-state index in [0.29, 0.717) is 13.2 Å². The summed E-state index contributed by atoms with van der Waals surface area (Å²) in [5.41, 5.74) is 0. The summed E-state index contributed by atoms with van der Waals surface area (Å²) in [5.74, 6) is 0.954. The van der Waals surface area contributed by atoms with E-state index in [2.05, 4.69) is 28.8 Å². The lowest BCUT2D eigenvalue weighted by atomic mass is 10.2. The average Bonchev–Trinajstić information content (AvgIpc) is 2.49. The third kappa shape index (κ3) is 12.4. The molecule has 5 heteroatoms. The Hall–Kier alpha value is -1.07. The van der Waals surface area contributed by atoms with E-state index in [1.165, 1.54) is 19.3 Å². The Morgan fingerprint density at radius 2 is 2.00 bits per heavy atom. The van der Waals surface area contributed by atoms with Crippen molar-refractivity contribution in [2.75, 3.05) is 54.1 Å². The second kappa shape index (κ2) is 15.3.